The highest BCUT2D eigenvalue weighted by Gasteiger charge is 2.19. The van der Waals surface area contributed by atoms with E-state index in [4.69, 9.17) is 0 Å². The van der Waals surface area contributed by atoms with Crippen molar-refractivity contribution in [2.75, 3.05) is 42.9 Å². The second-order valence-electron chi connectivity index (χ2n) is 6.98. The van der Waals surface area contributed by atoms with Crippen molar-refractivity contribution < 1.29 is 9.59 Å². The van der Waals surface area contributed by atoms with Crippen molar-refractivity contribution in [3.05, 3.63) is 45.6 Å². The van der Waals surface area contributed by atoms with Crippen LogP contribution in [0, 0.1) is 0 Å². The fraction of sp³-hybridized carbons (Fsp3) is 0.400. The molecule has 2 aliphatic heterocycles. The van der Waals surface area contributed by atoms with Crippen LogP contribution >= 0.6 is 11.3 Å². The van der Waals surface area contributed by atoms with Crippen LogP contribution in [0.25, 0.3) is 0 Å². The average molecular weight is 385 g/mol. The van der Waals surface area contributed by atoms with Crippen LogP contribution in [0.4, 0.5) is 11.4 Å². The molecule has 27 heavy (non-hydrogen) atoms. The standard InChI is InChI=1S/C20H24N4O2S/c1-14(25)23-8-10-24(11-9-23)17-4-2-16(3-5-17)22-20(26)19-12-15-13-21-7-6-18(15)27-19/h2-5,12,21H,6-11,13H2,1H3,(H,22,26). The van der Waals surface area contributed by atoms with Gasteiger partial charge in [-0.05, 0) is 42.3 Å². The summed E-state index contributed by atoms with van der Waals surface area (Å²) < 4.78 is 0. The van der Waals surface area contributed by atoms with Gasteiger partial charge in [0.05, 0.1) is 4.88 Å². The fourth-order valence-electron chi connectivity index (χ4n) is 3.59. The van der Waals surface area contributed by atoms with Gasteiger partial charge in [-0.2, -0.15) is 0 Å². The SMILES string of the molecule is CC(=O)N1CCN(c2ccc(NC(=O)c3cc4c(s3)CCNC4)cc2)CC1. The molecule has 0 atom stereocenters. The molecule has 0 unspecified atom stereocenters. The van der Waals surface area contributed by atoms with Crippen molar-refractivity contribution in [2.45, 2.75) is 19.9 Å². The van der Waals surface area contributed by atoms with Crippen LogP contribution in [0.15, 0.2) is 30.3 Å². The Hall–Kier alpha value is -2.38. The molecule has 1 aromatic heterocycles. The van der Waals surface area contributed by atoms with Crippen molar-refractivity contribution in [2.24, 2.45) is 0 Å². The van der Waals surface area contributed by atoms with Crippen molar-refractivity contribution in [1.82, 2.24) is 10.2 Å². The summed E-state index contributed by atoms with van der Waals surface area (Å²) >= 11 is 1.60. The summed E-state index contributed by atoms with van der Waals surface area (Å²) in [6, 6.07) is 9.95. The molecule has 3 heterocycles. The Balaban J connectivity index is 1.37. The highest BCUT2D eigenvalue weighted by molar-refractivity contribution is 7.14. The summed E-state index contributed by atoms with van der Waals surface area (Å²) in [5, 5.41) is 6.34. The maximum absolute atomic E-state index is 12.5. The maximum atomic E-state index is 12.5. The number of nitrogens with one attached hydrogen (secondary N) is 2. The summed E-state index contributed by atoms with van der Waals surface area (Å²) in [4.78, 5) is 30.2. The van der Waals surface area contributed by atoms with Gasteiger partial charge in [0, 0.05) is 62.4 Å². The number of hydrogen-bond acceptors (Lipinski definition) is 5. The first kappa shape index (κ1) is 18.0. The quantitative estimate of drug-likeness (QED) is 0.852. The molecule has 4 rings (SSSR count). The molecule has 2 aliphatic rings. The van der Waals surface area contributed by atoms with Crippen LogP contribution in [-0.4, -0.2) is 49.4 Å². The van der Waals surface area contributed by atoms with Crippen LogP contribution in [0.5, 0.6) is 0 Å². The van der Waals surface area contributed by atoms with Crippen molar-refractivity contribution in [3.63, 3.8) is 0 Å². The van der Waals surface area contributed by atoms with Gasteiger partial charge in [0.1, 0.15) is 0 Å². The minimum Gasteiger partial charge on any atom is -0.368 e. The third kappa shape index (κ3) is 3.99. The first-order valence-electron chi connectivity index (χ1n) is 9.34. The van der Waals surface area contributed by atoms with Crippen molar-refractivity contribution in [3.8, 4) is 0 Å². The van der Waals surface area contributed by atoms with Crippen LogP contribution in [0.1, 0.15) is 27.0 Å². The van der Waals surface area contributed by atoms with E-state index in [0.717, 1.165) is 61.9 Å². The van der Waals surface area contributed by atoms with Crippen molar-refractivity contribution in [1.29, 1.82) is 0 Å². The molecule has 1 saturated heterocycles. The number of piperazine rings is 1. The minimum absolute atomic E-state index is 0.0442. The molecule has 2 aromatic rings. The normalized spacial score (nSPS) is 16.8. The highest BCUT2D eigenvalue weighted by atomic mass is 32.1. The Morgan fingerprint density at radius 2 is 1.85 bits per heavy atom. The van der Waals surface area contributed by atoms with E-state index in [2.05, 4.69) is 15.5 Å². The number of amides is 2. The summed E-state index contributed by atoms with van der Waals surface area (Å²) in [7, 11) is 0. The predicted octanol–water partition coefficient (Wildman–Crippen LogP) is 2.31. The Labute approximate surface area is 163 Å². The Bertz CT molecular complexity index is 815. The third-order valence-electron chi connectivity index (χ3n) is 5.18. The molecule has 142 valence electrons. The largest absolute Gasteiger partial charge is 0.368 e. The molecule has 0 aliphatic carbocycles. The molecule has 0 spiro atoms. The monoisotopic (exact) mass is 384 g/mol. The van der Waals surface area contributed by atoms with E-state index < -0.39 is 0 Å². The third-order valence-corrected chi connectivity index (χ3v) is 6.42. The number of thiophene rings is 1. The topological polar surface area (TPSA) is 64.7 Å². The number of rotatable bonds is 3. The van der Waals surface area contributed by atoms with E-state index in [9.17, 15) is 9.59 Å². The smallest absolute Gasteiger partial charge is 0.265 e. The van der Waals surface area contributed by atoms with Gasteiger partial charge in [-0.15, -0.1) is 11.3 Å². The lowest BCUT2D eigenvalue weighted by atomic mass is 10.1. The summed E-state index contributed by atoms with van der Waals surface area (Å²) in [6.07, 6.45) is 0.999. The van der Waals surface area contributed by atoms with Gasteiger partial charge in [0.2, 0.25) is 5.91 Å². The molecule has 7 heteroatoms. The molecule has 0 bridgehead atoms. The van der Waals surface area contributed by atoms with E-state index >= 15 is 0 Å². The Morgan fingerprint density at radius 3 is 2.52 bits per heavy atom. The van der Waals surface area contributed by atoms with Gasteiger partial charge in [0.25, 0.3) is 5.91 Å². The number of benzene rings is 1. The summed E-state index contributed by atoms with van der Waals surface area (Å²) in [5.74, 6) is 0.0935. The molecule has 1 aromatic carbocycles. The first-order chi connectivity index (χ1) is 13.1. The van der Waals surface area contributed by atoms with Gasteiger partial charge in [-0.25, -0.2) is 0 Å². The minimum atomic E-state index is -0.0442. The zero-order chi connectivity index (χ0) is 18.8. The average Bonchev–Trinajstić information content (AvgIpc) is 3.13. The van der Waals surface area contributed by atoms with Gasteiger partial charge in [-0.1, -0.05) is 0 Å². The van der Waals surface area contributed by atoms with E-state index in [1.807, 2.05) is 35.2 Å². The number of carbonyl (C=O) groups is 2. The lowest BCUT2D eigenvalue weighted by Crippen LogP contribution is -2.48. The molecular weight excluding hydrogens is 360 g/mol. The number of anilines is 2. The number of hydrogen-bond donors (Lipinski definition) is 2. The van der Waals surface area contributed by atoms with Crippen LogP contribution < -0.4 is 15.5 Å². The summed E-state index contributed by atoms with van der Waals surface area (Å²) in [5.41, 5.74) is 3.17. The Kier molecular flexibility index (Phi) is 5.13. The lowest BCUT2D eigenvalue weighted by Gasteiger charge is -2.35. The van der Waals surface area contributed by atoms with Crippen LogP contribution in [0.3, 0.4) is 0 Å². The van der Waals surface area contributed by atoms with Gasteiger partial charge < -0.3 is 20.4 Å². The van der Waals surface area contributed by atoms with Crippen LogP contribution in [0.2, 0.25) is 0 Å². The highest BCUT2D eigenvalue weighted by Crippen LogP contribution is 2.26. The fourth-order valence-corrected chi connectivity index (χ4v) is 4.67. The second kappa shape index (κ2) is 7.70. The second-order valence-corrected chi connectivity index (χ2v) is 8.12. The number of carbonyl (C=O) groups excluding carboxylic acids is 2. The molecular formula is C20H24N4O2S. The van der Waals surface area contributed by atoms with Gasteiger partial charge in [0.15, 0.2) is 0 Å². The first-order valence-corrected chi connectivity index (χ1v) is 10.2. The molecule has 0 radical (unpaired) electrons. The lowest BCUT2D eigenvalue weighted by molar-refractivity contribution is -0.129. The van der Waals surface area contributed by atoms with E-state index in [0.29, 0.717) is 0 Å². The number of nitrogens with zero attached hydrogens (tertiary/aromatic N) is 2. The predicted molar refractivity (Wildman–Crippen MR) is 109 cm³/mol. The van der Waals surface area contributed by atoms with Crippen LogP contribution in [-0.2, 0) is 17.8 Å². The van der Waals surface area contributed by atoms with Gasteiger partial charge >= 0.3 is 0 Å². The molecule has 2 N–H and O–H groups in total. The zero-order valence-electron chi connectivity index (χ0n) is 15.5. The van der Waals surface area contributed by atoms with Gasteiger partial charge in [-0.3, -0.25) is 9.59 Å². The van der Waals surface area contributed by atoms with E-state index in [1.165, 1.54) is 10.4 Å². The molecule has 6 nitrogen and oxygen atoms in total. The number of fused-ring (bicyclic) bond motifs is 1. The maximum Gasteiger partial charge on any atom is 0.265 e. The van der Waals surface area contributed by atoms with Crippen molar-refractivity contribution >= 4 is 34.5 Å². The van der Waals surface area contributed by atoms with E-state index in [-0.39, 0.29) is 11.8 Å². The van der Waals surface area contributed by atoms with E-state index in [1.54, 1.807) is 18.3 Å². The Morgan fingerprint density at radius 1 is 1.11 bits per heavy atom. The zero-order valence-corrected chi connectivity index (χ0v) is 16.3. The molecule has 0 saturated carbocycles. The summed E-state index contributed by atoms with van der Waals surface area (Å²) in [6.45, 7) is 6.63. The molecule has 1 fully saturated rings. The molecule has 2 amide bonds.